The number of carbonyl (C=O) groups is 3. The Balaban J connectivity index is 4.02. The number of hydrogen-bond donors (Lipinski definition) is 0. The van der Waals surface area contributed by atoms with E-state index >= 15 is 0 Å². The number of hydrogen-bond acceptors (Lipinski definition) is 6. The summed E-state index contributed by atoms with van der Waals surface area (Å²) in [7, 11) is 0. The van der Waals surface area contributed by atoms with Crippen molar-refractivity contribution in [3.63, 3.8) is 0 Å². The SMILES string of the molecule is CC/C=C\C/C=C\C/C=C\C/C=C\CCCCCCCCCCCCCCCCCCCCC(=O)OCC(COC(=O)CCCCCCCCCC)OC(=O)CCCCCCCCCCCCCCCCCCCCCCCCCCCC. The molecule has 0 aromatic carbocycles. The van der Waals surface area contributed by atoms with Crippen molar-refractivity contribution < 1.29 is 28.6 Å². The highest BCUT2D eigenvalue weighted by Gasteiger charge is 2.20. The Morgan fingerprint density at radius 2 is 0.470 bits per heavy atom. The summed E-state index contributed by atoms with van der Waals surface area (Å²) in [5, 5.41) is 0. The van der Waals surface area contributed by atoms with Gasteiger partial charge in [0.15, 0.2) is 6.10 Å². The summed E-state index contributed by atoms with van der Waals surface area (Å²) in [5.74, 6) is -0.840. The Bertz CT molecular complexity index is 1430. The molecule has 1 atom stereocenters. The first-order chi connectivity index (χ1) is 41.0. The van der Waals surface area contributed by atoms with Gasteiger partial charge in [0.1, 0.15) is 13.2 Å². The zero-order valence-corrected chi connectivity index (χ0v) is 56.0. The van der Waals surface area contributed by atoms with Crippen LogP contribution in [0.1, 0.15) is 406 Å². The van der Waals surface area contributed by atoms with Crippen molar-refractivity contribution in [1.82, 2.24) is 0 Å². The van der Waals surface area contributed by atoms with Crippen LogP contribution in [0.2, 0.25) is 0 Å². The number of rotatable bonds is 69. The molecule has 0 saturated heterocycles. The lowest BCUT2D eigenvalue weighted by atomic mass is 10.0. The van der Waals surface area contributed by atoms with E-state index in [0.717, 1.165) is 83.5 Å². The van der Waals surface area contributed by atoms with Crippen molar-refractivity contribution in [3.05, 3.63) is 48.6 Å². The molecule has 0 aliphatic heterocycles. The van der Waals surface area contributed by atoms with Crippen molar-refractivity contribution >= 4 is 17.9 Å². The number of unbranched alkanes of at least 4 members (excludes halogenated alkanes) is 50. The summed E-state index contributed by atoms with van der Waals surface area (Å²) < 4.78 is 16.9. The second-order valence-corrected chi connectivity index (χ2v) is 25.2. The van der Waals surface area contributed by atoms with Gasteiger partial charge >= 0.3 is 17.9 Å². The molecule has 0 spiro atoms. The van der Waals surface area contributed by atoms with Crippen LogP contribution in [0.25, 0.3) is 0 Å². The van der Waals surface area contributed by atoms with Gasteiger partial charge in [0.2, 0.25) is 0 Å². The highest BCUT2D eigenvalue weighted by Crippen LogP contribution is 2.19. The van der Waals surface area contributed by atoms with Crippen LogP contribution in [-0.4, -0.2) is 37.2 Å². The molecule has 0 heterocycles. The molecule has 0 amide bonds. The Kier molecular flexibility index (Phi) is 69.6. The fourth-order valence-corrected chi connectivity index (χ4v) is 11.3. The van der Waals surface area contributed by atoms with E-state index in [-0.39, 0.29) is 31.1 Å². The van der Waals surface area contributed by atoms with Crippen LogP contribution in [0, 0.1) is 0 Å². The van der Waals surface area contributed by atoms with E-state index in [9.17, 15) is 14.4 Å². The Morgan fingerprint density at radius 1 is 0.253 bits per heavy atom. The van der Waals surface area contributed by atoms with Gasteiger partial charge in [-0.25, -0.2) is 0 Å². The van der Waals surface area contributed by atoms with Crippen molar-refractivity contribution in [1.29, 1.82) is 0 Å². The predicted octanol–water partition coefficient (Wildman–Crippen LogP) is 25.7. The molecule has 486 valence electrons. The van der Waals surface area contributed by atoms with Gasteiger partial charge < -0.3 is 14.2 Å². The zero-order valence-electron chi connectivity index (χ0n) is 56.0. The second-order valence-electron chi connectivity index (χ2n) is 25.2. The van der Waals surface area contributed by atoms with E-state index < -0.39 is 6.10 Å². The second kappa shape index (κ2) is 71.8. The molecule has 0 N–H and O–H groups in total. The van der Waals surface area contributed by atoms with E-state index in [4.69, 9.17) is 14.2 Å². The molecule has 83 heavy (non-hydrogen) atoms. The molecular weight excluding hydrogens is 1020 g/mol. The first-order valence-corrected chi connectivity index (χ1v) is 37.1. The molecule has 0 aromatic rings. The van der Waals surface area contributed by atoms with Crippen LogP contribution in [0.15, 0.2) is 48.6 Å². The highest BCUT2D eigenvalue weighted by atomic mass is 16.6. The minimum absolute atomic E-state index is 0.0657. The lowest BCUT2D eigenvalue weighted by molar-refractivity contribution is -0.167. The normalized spacial score (nSPS) is 12.3. The van der Waals surface area contributed by atoms with Gasteiger partial charge in [-0.15, -0.1) is 0 Å². The maximum absolute atomic E-state index is 12.9. The van der Waals surface area contributed by atoms with Crippen LogP contribution in [0.3, 0.4) is 0 Å². The van der Waals surface area contributed by atoms with Crippen LogP contribution in [0.4, 0.5) is 0 Å². The maximum atomic E-state index is 12.9. The third-order valence-corrected chi connectivity index (χ3v) is 16.8. The van der Waals surface area contributed by atoms with Gasteiger partial charge in [0, 0.05) is 19.3 Å². The smallest absolute Gasteiger partial charge is 0.306 e. The highest BCUT2D eigenvalue weighted by molar-refractivity contribution is 5.71. The summed E-state index contributed by atoms with van der Waals surface area (Å²) in [4.78, 5) is 38.3. The number of ether oxygens (including phenoxy) is 3. The largest absolute Gasteiger partial charge is 0.462 e. The van der Waals surface area contributed by atoms with Crippen LogP contribution in [-0.2, 0) is 28.6 Å². The summed E-state index contributed by atoms with van der Waals surface area (Å²) in [6, 6.07) is 0. The lowest BCUT2D eigenvalue weighted by Crippen LogP contribution is -2.30. The number of carbonyl (C=O) groups excluding carboxylic acids is 3. The number of esters is 3. The minimum Gasteiger partial charge on any atom is -0.462 e. The summed E-state index contributed by atoms with van der Waals surface area (Å²) in [5.41, 5.74) is 0. The van der Waals surface area contributed by atoms with Gasteiger partial charge in [-0.05, 0) is 57.8 Å². The van der Waals surface area contributed by atoms with Crippen molar-refractivity contribution in [3.8, 4) is 0 Å². The van der Waals surface area contributed by atoms with Crippen LogP contribution in [0.5, 0.6) is 0 Å². The first-order valence-electron chi connectivity index (χ1n) is 37.1. The molecule has 6 heteroatoms. The van der Waals surface area contributed by atoms with Crippen LogP contribution < -0.4 is 0 Å². The van der Waals surface area contributed by atoms with Gasteiger partial charge in [0.05, 0.1) is 0 Å². The Labute approximate surface area is 518 Å². The fraction of sp³-hybridized carbons (Fsp3) is 0.857. The standard InChI is InChI=1S/C77H142O6/c1-4-7-10-13-16-19-21-23-25-27-29-31-33-35-37-38-39-40-41-43-44-46-48-50-52-54-56-58-61-64-67-70-76(79)82-73-74(72-81-75(78)69-66-63-60-18-15-12-9-6-3)83-77(80)71-68-65-62-59-57-55-53-51-49-47-45-42-36-34-32-30-28-26-24-22-20-17-14-11-8-5-2/h7,10,16,19,23,25,29,31,74H,4-6,8-9,11-15,17-18,20-22,24,26-28,30,32-73H2,1-3H3/b10-7-,19-16-,25-23-,31-29-. The van der Waals surface area contributed by atoms with Crippen molar-refractivity contribution in [2.24, 2.45) is 0 Å². The summed E-state index contributed by atoms with van der Waals surface area (Å²) >= 11 is 0. The quantitative estimate of drug-likeness (QED) is 0.0261. The number of allylic oxidation sites excluding steroid dienone is 8. The molecule has 0 radical (unpaired) electrons. The third kappa shape index (κ3) is 70.0. The molecule has 0 rings (SSSR count). The molecule has 0 aliphatic carbocycles. The monoisotopic (exact) mass is 1160 g/mol. The van der Waals surface area contributed by atoms with E-state index in [1.54, 1.807) is 0 Å². The minimum atomic E-state index is -0.767. The molecule has 0 aromatic heterocycles. The van der Waals surface area contributed by atoms with E-state index in [2.05, 4.69) is 69.4 Å². The van der Waals surface area contributed by atoms with E-state index in [0.29, 0.717) is 19.3 Å². The molecular formula is C77H142O6. The first kappa shape index (κ1) is 80.4. The molecule has 0 saturated carbocycles. The van der Waals surface area contributed by atoms with Gasteiger partial charge in [-0.1, -0.05) is 378 Å². The maximum Gasteiger partial charge on any atom is 0.306 e. The fourth-order valence-electron chi connectivity index (χ4n) is 11.3. The van der Waals surface area contributed by atoms with Crippen LogP contribution >= 0.6 is 0 Å². The third-order valence-electron chi connectivity index (χ3n) is 16.8. The molecule has 0 fully saturated rings. The topological polar surface area (TPSA) is 78.9 Å². The average Bonchev–Trinajstić information content (AvgIpc) is 3.49. The zero-order chi connectivity index (χ0) is 59.9. The van der Waals surface area contributed by atoms with Crippen molar-refractivity contribution in [2.75, 3.05) is 13.2 Å². The Hall–Kier alpha value is -2.63. The predicted molar refractivity (Wildman–Crippen MR) is 362 cm³/mol. The molecule has 0 aliphatic rings. The lowest BCUT2D eigenvalue weighted by Gasteiger charge is -2.18. The Morgan fingerprint density at radius 3 is 0.735 bits per heavy atom. The van der Waals surface area contributed by atoms with Gasteiger partial charge in [-0.3, -0.25) is 14.4 Å². The summed E-state index contributed by atoms with van der Waals surface area (Å²) in [6.07, 6.45) is 91.9. The molecule has 1 unspecified atom stereocenters. The van der Waals surface area contributed by atoms with E-state index in [1.165, 1.54) is 283 Å². The van der Waals surface area contributed by atoms with Gasteiger partial charge in [0.25, 0.3) is 0 Å². The molecule has 6 nitrogen and oxygen atoms in total. The van der Waals surface area contributed by atoms with Gasteiger partial charge in [-0.2, -0.15) is 0 Å². The van der Waals surface area contributed by atoms with E-state index in [1.807, 2.05) is 0 Å². The average molecular weight is 1160 g/mol. The molecule has 0 bridgehead atoms. The van der Waals surface area contributed by atoms with Crippen molar-refractivity contribution in [2.45, 2.75) is 412 Å². The summed E-state index contributed by atoms with van der Waals surface area (Å²) in [6.45, 7) is 6.58.